The lowest BCUT2D eigenvalue weighted by Gasteiger charge is -2.07. The van der Waals surface area contributed by atoms with Crippen LogP contribution < -0.4 is 15.8 Å². The predicted molar refractivity (Wildman–Crippen MR) is 95.5 cm³/mol. The fraction of sp³-hybridized carbons (Fsp3) is 0.111. The van der Waals surface area contributed by atoms with Gasteiger partial charge in [-0.2, -0.15) is 5.10 Å². The van der Waals surface area contributed by atoms with Crippen molar-refractivity contribution in [1.29, 1.82) is 0 Å². The Bertz CT molecular complexity index is 826. The summed E-state index contributed by atoms with van der Waals surface area (Å²) in [6.07, 6.45) is 3.73. The van der Waals surface area contributed by atoms with E-state index in [2.05, 4.69) is 15.4 Å². The normalized spacial score (nSPS) is 11.3. The van der Waals surface area contributed by atoms with Gasteiger partial charge in [0.15, 0.2) is 5.96 Å². The summed E-state index contributed by atoms with van der Waals surface area (Å²) in [4.78, 5) is 4.34. The molecule has 6 heteroatoms. The van der Waals surface area contributed by atoms with Crippen LogP contribution in [-0.2, 0) is 6.54 Å². The minimum Gasteiger partial charge on any atom is -0.497 e. The molecule has 3 rings (SSSR count). The van der Waals surface area contributed by atoms with Crippen molar-refractivity contribution in [1.82, 2.24) is 9.78 Å². The number of guanidine groups is 1. The predicted octanol–water partition coefficient (Wildman–Crippen LogP) is 2.81. The summed E-state index contributed by atoms with van der Waals surface area (Å²) < 4.78 is 6.99. The van der Waals surface area contributed by atoms with Gasteiger partial charge in [0.05, 0.1) is 25.5 Å². The number of benzene rings is 2. The molecule has 2 aromatic carbocycles. The van der Waals surface area contributed by atoms with E-state index in [1.807, 2.05) is 65.5 Å². The Hall–Kier alpha value is -3.28. The minimum absolute atomic E-state index is 0.343. The summed E-state index contributed by atoms with van der Waals surface area (Å²) in [7, 11) is 1.63. The van der Waals surface area contributed by atoms with Gasteiger partial charge in [0.2, 0.25) is 0 Å². The van der Waals surface area contributed by atoms with Gasteiger partial charge in [0.1, 0.15) is 5.75 Å². The third-order valence-electron chi connectivity index (χ3n) is 3.43. The number of ether oxygens (including phenoxy) is 1. The molecule has 3 aromatic rings. The van der Waals surface area contributed by atoms with E-state index in [0.717, 1.165) is 22.7 Å². The maximum Gasteiger partial charge on any atom is 0.193 e. The highest BCUT2D eigenvalue weighted by Gasteiger charge is 2.01. The monoisotopic (exact) mass is 321 g/mol. The first-order chi connectivity index (χ1) is 11.7. The van der Waals surface area contributed by atoms with E-state index in [-0.39, 0.29) is 0 Å². The number of hydrogen-bond donors (Lipinski definition) is 2. The molecule has 1 aromatic heterocycles. The standard InChI is InChI=1S/C18H19N5O/c1-24-17-9-5-6-15(10-17)22-18(19)20-11-14-12-21-23(13-14)16-7-3-2-4-8-16/h2-10,12-13H,11H2,1H3,(H3,19,20,22). The number of aromatic nitrogens is 2. The molecular weight excluding hydrogens is 302 g/mol. The average Bonchev–Trinajstić information content (AvgIpc) is 3.10. The molecule has 0 bridgehead atoms. The molecule has 0 aliphatic rings. The van der Waals surface area contributed by atoms with Gasteiger partial charge < -0.3 is 15.8 Å². The Morgan fingerprint density at radius 2 is 2.04 bits per heavy atom. The van der Waals surface area contributed by atoms with E-state index >= 15 is 0 Å². The van der Waals surface area contributed by atoms with Crippen molar-refractivity contribution in [3.63, 3.8) is 0 Å². The van der Waals surface area contributed by atoms with Crippen LogP contribution in [0.1, 0.15) is 5.56 Å². The van der Waals surface area contributed by atoms with Crippen molar-refractivity contribution < 1.29 is 4.74 Å². The van der Waals surface area contributed by atoms with Gasteiger partial charge in [0, 0.05) is 23.5 Å². The van der Waals surface area contributed by atoms with Crippen molar-refractivity contribution in [3.8, 4) is 11.4 Å². The molecule has 6 nitrogen and oxygen atoms in total. The number of methoxy groups -OCH3 is 1. The topological polar surface area (TPSA) is 77.5 Å². The summed E-state index contributed by atoms with van der Waals surface area (Å²) in [5.41, 5.74) is 8.75. The molecule has 0 saturated carbocycles. The molecule has 0 spiro atoms. The number of anilines is 1. The Labute approximate surface area is 140 Å². The number of hydrogen-bond acceptors (Lipinski definition) is 3. The summed E-state index contributed by atoms with van der Waals surface area (Å²) in [6.45, 7) is 0.454. The van der Waals surface area contributed by atoms with Crippen LogP contribution in [0.15, 0.2) is 72.0 Å². The van der Waals surface area contributed by atoms with Crippen molar-refractivity contribution in [2.75, 3.05) is 12.4 Å². The lowest BCUT2D eigenvalue weighted by atomic mass is 10.3. The molecule has 0 amide bonds. The van der Waals surface area contributed by atoms with Gasteiger partial charge in [-0.15, -0.1) is 0 Å². The lowest BCUT2D eigenvalue weighted by Crippen LogP contribution is -2.22. The Morgan fingerprint density at radius 3 is 2.83 bits per heavy atom. The van der Waals surface area contributed by atoms with E-state index < -0.39 is 0 Å². The number of nitrogens with one attached hydrogen (secondary N) is 1. The van der Waals surface area contributed by atoms with Crippen LogP contribution in [-0.4, -0.2) is 22.8 Å². The maximum absolute atomic E-state index is 5.93. The Kier molecular flexibility index (Phi) is 4.76. The van der Waals surface area contributed by atoms with Gasteiger partial charge in [-0.25, -0.2) is 9.67 Å². The second-order valence-corrected chi connectivity index (χ2v) is 5.19. The van der Waals surface area contributed by atoms with Crippen LogP contribution in [0.3, 0.4) is 0 Å². The molecule has 0 aliphatic carbocycles. The zero-order chi connectivity index (χ0) is 16.8. The highest BCUT2D eigenvalue weighted by Crippen LogP contribution is 2.16. The number of aliphatic imine (C=N–C) groups is 1. The number of nitrogens with zero attached hydrogens (tertiary/aromatic N) is 3. The molecule has 3 N–H and O–H groups in total. The van der Waals surface area contributed by atoms with Gasteiger partial charge in [-0.3, -0.25) is 0 Å². The highest BCUT2D eigenvalue weighted by atomic mass is 16.5. The molecule has 24 heavy (non-hydrogen) atoms. The fourth-order valence-electron chi connectivity index (χ4n) is 2.23. The third-order valence-corrected chi connectivity index (χ3v) is 3.43. The number of nitrogens with two attached hydrogens (primary N) is 1. The van der Waals surface area contributed by atoms with Gasteiger partial charge in [-0.1, -0.05) is 24.3 Å². The van der Waals surface area contributed by atoms with E-state index in [1.165, 1.54) is 0 Å². The number of para-hydroxylation sites is 1. The molecule has 122 valence electrons. The van der Waals surface area contributed by atoms with Crippen LogP contribution in [0.5, 0.6) is 5.75 Å². The SMILES string of the molecule is COc1cccc(NC(N)=NCc2cnn(-c3ccccc3)c2)c1. The van der Waals surface area contributed by atoms with Crippen molar-refractivity contribution in [2.24, 2.45) is 10.7 Å². The average molecular weight is 321 g/mol. The second kappa shape index (κ2) is 7.32. The summed E-state index contributed by atoms with van der Waals surface area (Å²) >= 11 is 0. The molecule has 0 aliphatic heterocycles. The van der Waals surface area contributed by atoms with Gasteiger partial charge >= 0.3 is 0 Å². The summed E-state index contributed by atoms with van der Waals surface area (Å²) in [5, 5.41) is 7.39. The second-order valence-electron chi connectivity index (χ2n) is 5.19. The first-order valence-electron chi connectivity index (χ1n) is 7.54. The van der Waals surface area contributed by atoms with Crippen LogP contribution in [0, 0.1) is 0 Å². The summed E-state index contributed by atoms with van der Waals surface area (Å²) in [5.74, 6) is 1.10. The van der Waals surface area contributed by atoms with Crippen molar-refractivity contribution >= 4 is 11.6 Å². The van der Waals surface area contributed by atoms with E-state index in [9.17, 15) is 0 Å². The molecule has 1 heterocycles. The zero-order valence-electron chi connectivity index (χ0n) is 13.4. The van der Waals surface area contributed by atoms with Crippen LogP contribution in [0.2, 0.25) is 0 Å². The van der Waals surface area contributed by atoms with Crippen molar-refractivity contribution in [3.05, 3.63) is 72.6 Å². The van der Waals surface area contributed by atoms with Crippen molar-refractivity contribution in [2.45, 2.75) is 6.54 Å². The third kappa shape index (κ3) is 3.92. The number of rotatable bonds is 5. The molecule has 0 unspecified atom stereocenters. The first-order valence-corrected chi connectivity index (χ1v) is 7.54. The molecule has 0 atom stereocenters. The molecule has 0 fully saturated rings. The van der Waals surface area contributed by atoms with Crippen LogP contribution >= 0.6 is 0 Å². The van der Waals surface area contributed by atoms with E-state index in [4.69, 9.17) is 10.5 Å². The Balaban J connectivity index is 1.64. The molecular formula is C18H19N5O. The van der Waals surface area contributed by atoms with Crippen LogP contribution in [0.25, 0.3) is 5.69 Å². The van der Waals surface area contributed by atoms with E-state index in [0.29, 0.717) is 12.5 Å². The minimum atomic E-state index is 0.343. The van der Waals surface area contributed by atoms with Crippen LogP contribution in [0.4, 0.5) is 5.69 Å². The molecule has 0 saturated heterocycles. The quantitative estimate of drug-likeness (QED) is 0.559. The summed E-state index contributed by atoms with van der Waals surface area (Å²) in [6, 6.07) is 17.4. The Morgan fingerprint density at radius 1 is 1.21 bits per heavy atom. The highest BCUT2D eigenvalue weighted by molar-refractivity contribution is 5.92. The zero-order valence-corrected chi connectivity index (χ0v) is 13.4. The fourth-order valence-corrected chi connectivity index (χ4v) is 2.23. The van der Waals surface area contributed by atoms with Gasteiger partial charge in [0.25, 0.3) is 0 Å². The van der Waals surface area contributed by atoms with E-state index in [1.54, 1.807) is 13.3 Å². The molecule has 0 radical (unpaired) electrons. The lowest BCUT2D eigenvalue weighted by molar-refractivity contribution is 0.415. The smallest absolute Gasteiger partial charge is 0.193 e. The van der Waals surface area contributed by atoms with Gasteiger partial charge in [-0.05, 0) is 24.3 Å². The largest absolute Gasteiger partial charge is 0.497 e. The maximum atomic E-state index is 5.93. The first kappa shape index (κ1) is 15.6.